The lowest BCUT2D eigenvalue weighted by atomic mass is 10.1. The van der Waals surface area contributed by atoms with Crippen LogP contribution in [0.1, 0.15) is 37.0 Å². The van der Waals surface area contributed by atoms with Gasteiger partial charge in [0.2, 0.25) is 0 Å². The second-order valence-electron chi connectivity index (χ2n) is 5.07. The highest BCUT2D eigenvalue weighted by Gasteiger charge is 2.33. The average Bonchev–Trinajstić information content (AvgIpc) is 3.23. The standard InChI is InChI=1S/C14H20BrN3O/c1-4-16-13-12(7-11(15)8-17-13)14(19)18(3)9(2)10-5-6-10/h7-10H,4-6H2,1-3H3,(H,16,17). The average molecular weight is 326 g/mol. The zero-order chi connectivity index (χ0) is 14.0. The molecular formula is C14H20BrN3O. The Morgan fingerprint density at radius 2 is 2.32 bits per heavy atom. The number of hydrogen-bond acceptors (Lipinski definition) is 3. The van der Waals surface area contributed by atoms with Gasteiger partial charge in [-0.15, -0.1) is 0 Å². The van der Waals surface area contributed by atoms with Gasteiger partial charge in [-0.2, -0.15) is 0 Å². The van der Waals surface area contributed by atoms with Crippen LogP contribution in [0.3, 0.4) is 0 Å². The van der Waals surface area contributed by atoms with Crippen LogP contribution in [0.25, 0.3) is 0 Å². The highest BCUT2D eigenvalue weighted by molar-refractivity contribution is 9.10. The Kier molecular flexibility index (Phi) is 4.45. The molecule has 1 heterocycles. The SMILES string of the molecule is CCNc1ncc(Br)cc1C(=O)N(C)C(C)C1CC1. The van der Waals surface area contributed by atoms with Gasteiger partial charge in [-0.05, 0) is 54.6 Å². The van der Waals surface area contributed by atoms with Crippen LogP contribution in [-0.2, 0) is 0 Å². The first-order valence-corrected chi connectivity index (χ1v) is 7.50. The number of nitrogens with one attached hydrogen (secondary N) is 1. The number of nitrogens with zero attached hydrogens (tertiary/aromatic N) is 2. The number of carbonyl (C=O) groups excluding carboxylic acids is 1. The van der Waals surface area contributed by atoms with Crippen LogP contribution >= 0.6 is 15.9 Å². The van der Waals surface area contributed by atoms with E-state index in [0.717, 1.165) is 11.0 Å². The largest absolute Gasteiger partial charge is 0.370 e. The Hall–Kier alpha value is -1.10. The van der Waals surface area contributed by atoms with Crippen molar-refractivity contribution in [3.8, 4) is 0 Å². The van der Waals surface area contributed by atoms with E-state index in [-0.39, 0.29) is 5.91 Å². The molecule has 1 saturated carbocycles. The fraction of sp³-hybridized carbons (Fsp3) is 0.571. The second-order valence-corrected chi connectivity index (χ2v) is 5.99. The Labute approximate surface area is 122 Å². The number of hydrogen-bond donors (Lipinski definition) is 1. The Morgan fingerprint density at radius 3 is 2.89 bits per heavy atom. The van der Waals surface area contributed by atoms with Crippen LogP contribution in [0.2, 0.25) is 0 Å². The molecule has 1 aliphatic carbocycles. The molecule has 1 aliphatic rings. The van der Waals surface area contributed by atoms with Gasteiger partial charge >= 0.3 is 0 Å². The van der Waals surface area contributed by atoms with Gasteiger partial charge in [-0.3, -0.25) is 4.79 Å². The molecule has 1 fully saturated rings. The third-order valence-corrected chi connectivity index (χ3v) is 4.10. The Balaban J connectivity index is 2.23. The summed E-state index contributed by atoms with van der Waals surface area (Å²) in [6.45, 7) is 4.86. The number of pyridine rings is 1. The molecular weight excluding hydrogens is 306 g/mol. The van der Waals surface area contributed by atoms with E-state index in [4.69, 9.17) is 0 Å². The summed E-state index contributed by atoms with van der Waals surface area (Å²) >= 11 is 3.38. The van der Waals surface area contributed by atoms with Gasteiger partial charge < -0.3 is 10.2 Å². The van der Waals surface area contributed by atoms with E-state index < -0.39 is 0 Å². The quantitative estimate of drug-likeness (QED) is 0.904. The van der Waals surface area contributed by atoms with E-state index in [0.29, 0.717) is 23.3 Å². The van der Waals surface area contributed by atoms with E-state index in [9.17, 15) is 4.79 Å². The van der Waals surface area contributed by atoms with E-state index >= 15 is 0 Å². The van der Waals surface area contributed by atoms with Gasteiger partial charge in [0, 0.05) is 30.3 Å². The van der Waals surface area contributed by atoms with Crippen LogP contribution in [-0.4, -0.2) is 35.4 Å². The molecule has 0 aliphatic heterocycles. The maximum Gasteiger partial charge on any atom is 0.257 e. The number of halogens is 1. The Bertz CT molecular complexity index is 474. The number of anilines is 1. The smallest absolute Gasteiger partial charge is 0.257 e. The van der Waals surface area contributed by atoms with Crippen molar-refractivity contribution >= 4 is 27.7 Å². The number of rotatable bonds is 5. The van der Waals surface area contributed by atoms with E-state index in [1.807, 2.05) is 24.9 Å². The van der Waals surface area contributed by atoms with Crippen molar-refractivity contribution in [3.63, 3.8) is 0 Å². The summed E-state index contributed by atoms with van der Waals surface area (Å²) in [5, 5.41) is 3.14. The molecule has 0 aromatic carbocycles. The number of carbonyl (C=O) groups is 1. The minimum absolute atomic E-state index is 0.0316. The third-order valence-electron chi connectivity index (χ3n) is 3.66. The van der Waals surface area contributed by atoms with E-state index in [1.165, 1.54) is 12.8 Å². The fourth-order valence-electron chi connectivity index (χ4n) is 2.18. The molecule has 4 nitrogen and oxygen atoms in total. The molecule has 5 heteroatoms. The van der Waals surface area contributed by atoms with E-state index in [1.54, 1.807) is 6.20 Å². The Morgan fingerprint density at radius 1 is 1.63 bits per heavy atom. The summed E-state index contributed by atoms with van der Waals surface area (Å²) in [5.74, 6) is 1.35. The maximum absolute atomic E-state index is 12.6. The van der Waals surface area contributed by atoms with Crippen molar-refractivity contribution in [2.45, 2.75) is 32.7 Å². The van der Waals surface area contributed by atoms with Gasteiger partial charge in [0.1, 0.15) is 5.82 Å². The minimum atomic E-state index is 0.0316. The van der Waals surface area contributed by atoms with Crippen LogP contribution in [0.5, 0.6) is 0 Å². The van der Waals surface area contributed by atoms with Crippen molar-refractivity contribution in [2.24, 2.45) is 5.92 Å². The van der Waals surface area contributed by atoms with E-state index in [2.05, 4.69) is 33.2 Å². The zero-order valence-electron chi connectivity index (χ0n) is 11.6. The van der Waals surface area contributed by atoms with Gasteiger partial charge in [0.15, 0.2) is 0 Å². The maximum atomic E-state index is 12.6. The summed E-state index contributed by atoms with van der Waals surface area (Å²) < 4.78 is 0.824. The molecule has 0 bridgehead atoms. The molecule has 0 spiro atoms. The molecule has 1 unspecified atom stereocenters. The highest BCUT2D eigenvalue weighted by Crippen LogP contribution is 2.35. The summed E-state index contributed by atoms with van der Waals surface area (Å²) in [6.07, 6.45) is 4.17. The van der Waals surface area contributed by atoms with Gasteiger partial charge in [-0.25, -0.2) is 4.98 Å². The molecule has 19 heavy (non-hydrogen) atoms. The lowest BCUT2D eigenvalue weighted by Crippen LogP contribution is -2.36. The van der Waals surface area contributed by atoms with Gasteiger partial charge in [-0.1, -0.05) is 0 Å². The topological polar surface area (TPSA) is 45.2 Å². The predicted octanol–water partition coefficient (Wildman–Crippen LogP) is 3.15. The number of amides is 1. The summed E-state index contributed by atoms with van der Waals surface area (Å²) in [7, 11) is 1.88. The van der Waals surface area contributed by atoms with Crippen molar-refractivity contribution in [3.05, 3.63) is 22.3 Å². The van der Waals surface area contributed by atoms with Crippen molar-refractivity contribution in [2.75, 3.05) is 18.9 Å². The van der Waals surface area contributed by atoms with Crippen molar-refractivity contribution in [1.82, 2.24) is 9.88 Å². The summed E-state index contributed by atoms with van der Waals surface area (Å²) in [5.41, 5.74) is 0.631. The molecule has 0 saturated heterocycles. The molecule has 2 rings (SSSR count). The first-order chi connectivity index (χ1) is 9.04. The third kappa shape index (κ3) is 3.26. The predicted molar refractivity (Wildman–Crippen MR) is 80.4 cm³/mol. The molecule has 1 atom stereocenters. The lowest BCUT2D eigenvalue weighted by molar-refractivity contribution is 0.0728. The summed E-state index contributed by atoms with van der Waals surface area (Å²) in [4.78, 5) is 18.7. The number of aromatic nitrogens is 1. The molecule has 0 radical (unpaired) electrons. The van der Waals surface area contributed by atoms with Crippen LogP contribution in [0.4, 0.5) is 5.82 Å². The first-order valence-electron chi connectivity index (χ1n) is 6.71. The van der Waals surface area contributed by atoms with Gasteiger partial charge in [0.25, 0.3) is 5.91 Å². The molecule has 1 N–H and O–H groups in total. The minimum Gasteiger partial charge on any atom is -0.370 e. The second kappa shape index (κ2) is 5.90. The monoisotopic (exact) mass is 325 g/mol. The molecule has 1 aromatic heterocycles. The normalized spacial score (nSPS) is 16.0. The van der Waals surface area contributed by atoms with Crippen LogP contribution in [0.15, 0.2) is 16.7 Å². The lowest BCUT2D eigenvalue weighted by Gasteiger charge is -2.25. The molecule has 1 amide bonds. The molecule has 1 aromatic rings. The fourth-order valence-corrected chi connectivity index (χ4v) is 2.51. The van der Waals surface area contributed by atoms with Crippen LogP contribution < -0.4 is 5.32 Å². The molecule has 104 valence electrons. The first kappa shape index (κ1) is 14.3. The van der Waals surface area contributed by atoms with Crippen LogP contribution in [0, 0.1) is 5.92 Å². The van der Waals surface area contributed by atoms with Crippen molar-refractivity contribution in [1.29, 1.82) is 0 Å². The van der Waals surface area contributed by atoms with Gasteiger partial charge in [0.05, 0.1) is 5.56 Å². The zero-order valence-corrected chi connectivity index (χ0v) is 13.2. The summed E-state index contributed by atoms with van der Waals surface area (Å²) in [6, 6.07) is 2.13. The van der Waals surface area contributed by atoms with Crippen molar-refractivity contribution < 1.29 is 4.79 Å². The highest BCUT2D eigenvalue weighted by atomic mass is 79.9.